The maximum atomic E-state index is 2.39. The van der Waals surface area contributed by atoms with Gasteiger partial charge in [-0.15, -0.1) is 0 Å². The number of imidazole rings is 1. The van der Waals surface area contributed by atoms with E-state index in [0.717, 1.165) is 13.0 Å². The molecule has 0 saturated heterocycles. The molecule has 0 aliphatic carbocycles. The van der Waals surface area contributed by atoms with Crippen molar-refractivity contribution in [2.45, 2.75) is 38.3 Å². The summed E-state index contributed by atoms with van der Waals surface area (Å²) in [6.07, 6.45) is 7.62. The lowest BCUT2D eigenvalue weighted by Gasteiger charge is -2.34. The van der Waals surface area contributed by atoms with Gasteiger partial charge in [-0.1, -0.05) is 97.9 Å². The van der Waals surface area contributed by atoms with Crippen molar-refractivity contribution < 1.29 is 4.57 Å². The van der Waals surface area contributed by atoms with Crippen LogP contribution in [-0.4, -0.2) is 4.57 Å². The van der Waals surface area contributed by atoms with E-state index in [1.165, 1.54) is 16.7 Å². The molecule has 0 aliphatic heterocycles. The first-order valence-corrected chi connectivity index (χ1v) is 10.3. The minimum Gasteiger partial charge on any atom is -0.234 e. The molecule has 0 bridgehead atoms. The lowest BCUT2D eigenvalue weighted by molar-refractivity contribution is -0.688. The topological polar surface area (TPSA) is 8.81 Å². The zero-order valence-corrected chi connectivity index (χ0v) is 17.3. The van der Waals surface area contributed by atoms with Gasteiger partial charge in [-0.3, -0.25) is 0 Å². The third-order valence-corrected chi connectivity index (χ3v) is 6.14. The monoisotopic (exact) mass is 381 g/mol. The van der Waals surface area contributed by atoms with Gasteiger partial charge in [-0.25, -0.2) is 9.13 Å². The predicted octanol–water partition coefficient (Wildman–Crippen LogP) is 5.59. The Kier molecular flexibility index (Phi) is 5.62. The molecule has 4 rings (SSSR count). The van der Waals surface area contributed by atoms with Gasteiger partial charge >= 0.3 is 0 Å². The average molecular weight is 382 g/mol. The Bertz CT molecular complexity index is 1020. The van der Waals surface area contributed by atoms with Crippen LogP contribution >= 0.6 is 0 Å². The van der Waals surface area contributed by atoms with Gasteiger partial charge in [0, 0.05) is 5.41 Å². The Morgan fingerprint density at radius 1 is 0.793 bits per heavy atom. The number of benzene rings is 3. The quantitative estimate of drug-likeness (QED) is 0.369. The molecule has 29 heavy (non-hydrogen) atoms. The van der Waals surface area contributed by atoms with Crippen LogP contribution in [0.4, 0.5) is 0 Å². The van der Waals surface area contributed by atoms with Crippen molar-refractivity contribution in [2.24, 2.45) is 0 Å². The molecule has 0 N–H and O–H groups in total. The summed E-state index contributed by atoms with van der Waals surface area (Å²) in [5, 5.41) is 0. The Hall–Kier alpha value is -3.13. The first-order chi connectivity index (χ1) is 14.1. The third-order valence-electron chi connectivity index (χ3n) is 6.14. The van der Waals surface area contributed by atoms with Crippen molar-refractivity contribution in [3.05, 3.63) is 126 Å². The first kappa shape index (κ1) is 19.2. The van der Waals surface area contributed by atoms with Crippen molar-refractivity contribution in [1.29, 1.82) is 0 Å². The van der Waals surface area contributed by atoms with Gasteiger partial charge in [0.15, 0.2) is 0 Å². The fourth-order valence-electron chi connectivity index (χ4n) is 4.19. The summed E-state index contributed by atoms with van der Waals surface area (Å²) in [5.41, 5.74) is 4.04. The molecule has 1 aromatic heterocycles. The second-order valence-corrected chi connectivity index (χ2v) is 8.14. The van der Waals surface area contributed by atoms with Gasteiger partial charge in [0.05, 0.1) is 0 Å². The standard InChI is InChI=1S/C27H29N2/c1-23(29-19-18-28(22-29)21-25-14-8-4-9-15-25)27(2,26-16-10-5-11-17-26)20-24-12-6-3-7-13-24/h3-19,22-23H,20-21H2,1-2H3/q+1. The van der Waals surface area contributed by atoms with Crippen LogP contribution in [0.1, 0.15) is 36.6 Å². The van der Waals surface area contributed by atoms with Crippen LogP contribution in [-0.2, 0) is 18.4 Å². The Labute approximate surface area is 174 Å². The molecular weight excluding hydrogens is 352 g/mol. The summed E-state index contributed by atoms with van der Waals surface area (Å²) < 4.78 is 4.62. The van der Waals surface area contributed by atoms with Crippen molar-refractivity contribution in [2.75, 3.05) is 0 Å². The summed E-state index contributed by atoms with van der Waals surface area (Å²) in [7, 11) is 0. The van der Waals surface area contributed by atoms with Gasteiger partial charge < -0.3 is 0 Å². The molecule has 0 aliphatic rings. The molecule has 4 aromatic rings. The second-order valence-electron chi connectivity index (χ2n) is 8.14. The van der Waals surface area contributed by atoms with E-state index >= 15 is 0 Å². The van der Waals surface area contributed by atoms with E-state index in [4.69, 9.17) is 0 Å². The van der Waals surface area contributed by atoms with Crippen LogP contribution in [0, 0.1) is 0 Å². The Morgan fingerprint density at radius 2 is 1.34 bits per heavy atom. The highest BCUT2D eigenvalue weighted by atomic mass is 15.1. The molecule has 0 spiro atoms. The molecular formula is C27H29N2+. The molecule has 2 atom stereocenters. The summed E-state index contributed by atoms with van der Waals surface area (Å²) >= 11 is 0. The zero-order valence-electron chi connectivity index (χ0n) is 17.3. The minimum absolute atomic E-state index is 0.0216. The highest BCUT2D eigenvalue weighted by molar-refractivity contribution is 5.30. The smallest absolute Gasteiger partial charge is 0.234 e. The molecule has 1 heterocycles. The minimum atomic E-state index is -0.0216. The molecule has 0 amide bonds. The lowest BCUT2D eigenvalue weighted by atomic mass is 9.72. The summed E-state index contributed by atoms with van der Waals surface area (Å²) in [4.78, 5) is 0. The highest BCUT2D eigenvalue weighted by Crippen LogP contribution is 2.38. The SMILES string of the molecule is CC(n1cc[n+](Cc2ccccc2)c1)C(C)(Cc1ccccc1)c1ccccc1. The van der Waals surface area contributed by atoms with E-state index in [0.29, 0.717) is 6.04 Å². The normalized spacial score (nSPS) is 14.3. The van der Waals surface area contributed by atoms with Crippen LogP contribution in [0.25, 0.3) is 0 Å². The van der Waals surface area contributed by atoms with Crippen molar-refractivity contribution in [1.82, 2.24) is 4.57 Å². The second kappa shape index (κ2) is 8.48. The van der Waals surface area contributed by atoms with Crippen LogP contribution in [0.2, 0.25) is 0 Å². The van der Waals surface area contributed by atoms with Crippen molar-refractivity contribution >= 4 is 0 Å². The van der Waals surface area contributed by atoms with Crippen molar-refractivity contribution in [3.8, 4) is 0 Å². The van der Waals surface area contributed by atoms with Gasteiger partial charge in [0.2, 0.25) is 6.33 Å². The van der Waals surface area contributed by atoms with Crippen LogP contribution < -0.4 is 4.57 Å². The number of hydrogen-bond donors (Lipinski definition) is 0. The van der Waals surface area contributed by atoms with Gasteiger partial charge in [0.1, 0.15) is 25.0 Å². The number of aromatic nitrogens is 2. The molecule has 0 fully saturated rings. The molecule has 3 aromatic carbocycles. The Morgan fingerprint density at radius 3 is 1.97 bits per heavy atom. The van der Waals surface area contributed by atoms with E-state index in [9.17, 15) is 0 Å². The maximum absolute atomic E-state index is 2.39. The molecule has 2 heteroatoms. The largest absolute Gasteiger partial charge is 0.244 e. The zero-order chi connectivity index (χ0) is 20.1. The fourth-order valence-corrected chi connectivity index (χ4v) is 4.19. The molecule has 2 unspecified atom stereocenters. The van der Waals surface area contributed by atoms with E-state index in [1.807, 2.05) is 0 Å². The van der Waals surface area contributed by atoms with Crippen LogP contribution in [0.5, 0.6) is 0 Å². The van der Waals surface area contributed by atoms with Gasteiger partial charge in [-0.05, 0) is 30.0 Å². The molecule has 0 radical (unpaired) electrons. The van der Waals surface area contributed by atoms with Crippen LogP contribution in [0.15, 0.2) is 110 Å². The molecule has 0 saturated carbocycles. The fraction of sp³-hybridized carbons (Fsp3) is 0.222. The predicted molar refractivity (Wildman–Crippen MR) is 119 cm³/mol. The molecule has 2 nitrogen and oxygen atoms in total. The number of hydrogen-bond acceptors (Lipinski definition) is 0. The number of rotatable bonds is 7. The first-order valence-electron chi connectivity index (χ1n) is 10.3. The van der Waals surface area contributed by atoms with Crippen molar-refractivity contribution in [3.63, 3.8) is 0 Å². The average Bonchev–Trinajstić information content (AvgIpc) is 3.23. The van der Waals surface area contributed by atoms with Gasteiger partial charge in [-0.2, -0.15) is 0 Å². The van der Waals surface area contributed by atoms with E-state index < -0.39 is 0 Å². The van der Waals surface area contributed by atoms with E-state index in [1.54, 1.807) is 0 Å². The maximum Gasteiger partial charge on any atom is 0.244 e. The van der Waals surface area contributed by atoms with E-state index in [-0.39, 0.29) is 5.41 Å². The van der Waals surface area contributed by atoms with E-state index in [2.05, 4.69) is 133 Å². The summed E-state index contributed by atoms with van der Waals surface area (Å²) in [5.74, 6) is 0. The number of nitrogens with zero attached hydrogens (tertiary/aromatic N) is 2. The lowest BCUT2D eigenvalue weighted by Crippen LogP contribution is -2.36. The van der Waals surface area contributed by atoms with Gasteiger partial charge in [0.25, 0.3) is 0 Å². The summed E-state index contributed by atoms with van der Waals surface area (Å²) in [6, 6.07) is 32.7. The Balaban J connectivity index is 1.64. The van der Waals surface area contributed by atoms with Crippen LogP contribution in [0.3, 0.4) is 0 Å². The third kappa shape index (κ3) is 4.32. The summed E-state index contributed by atoms with van der Waals surface area (Å²) in [6.45, 7) is 5.62. The highest BCUT2D eigenvalue weighted by Gasteiger charge is 2.37. The molecule has 146 valence electrons.